The molecule has 1 heterocycles. The Kier molecular flexibility index (Phi) is 6.94. The summed E-state index contributed by atoms with van der Waals surface area (Å²) in [6.45, 7) is 3.94. The highest BCUT2D eigenvalue weighted by molar-refractivity contribution is 6.30. The number of ether oxygens (including phenoxy) is 1. The van der Waals surface area contributed by atoms with E-state index in [2.05, 4.69) is 12.2 Å². The highest BCUT2D eigenvalue weighted by Crippen LogP contribution is 2.22. The second kappa shape index (κ2) is 8.72. The van der Waals surface area contributed by atoms with Crippen LogP contribution in [0, 0.1) is 5.82 Å². The van der Waals surface area contributed by atoms with Gasteiger partial charge in [0.25, 0.3) is 0 Å². The summed E-state index contributed by atoms with van der Waals surface area (Å²) in [4.78, 5) is 0. The van der Waals surface area contributed by atoms with Gasteiger partial charge in [-0.3, -0.25) is 0 Å². The smallest absolute Gasteiger partial charge is 0.145 e. The Morgan fingerprint density at radius 2 is 2.29 bits per heavy atom. The van der Waals surface area contributed by atoms with Gasteiger partial charge in [0.2, 0.25) is 0 Å². The predicted octanol–water partition coefficient (Wildman–Crippen LogP) is 4.35. The van der Waals surface area contributed by atoms with Crippen LogP contribution in [-0.4, -0.2) is 25.3 Å². The van der Waals surface area contributed by atoms with Crippen LogP contribution in [-0.2, 0) is 11.2 Å². The quantitative estimate of drug-likeness (QED) is 0.808. The molecule has 2 unspecified atom stereocenters. The van der Waals surface area contributed by atoms with E-state index in [4.69, 9.17) is 16.3 Å². The SMILES string of the molecule is CCCNC(Cc1cccc(Cl)c1F)CC1CCCCO1. The van der Waals surface area contributed by atoms with Gasteiger partial charge in [-0.2, -0.15) is 0 Å². The third-order valence-electron chi connectivity index (χ3n) is 4.00. The molecular weight excluding hydrogens is 289 g/mol. The fraction of sp³-hybridized carbons (Fsp3) is 0.647. The lowest BCUT2D eigenvalue weighted by Gasteiger charge is -2.28. The van der Waals surface area contributed by atoms with Crippen LogP contribution in [0.15, 0.2) is 18.2 Å². The van der Waals surface area contributed by atoms with Gasteiger partial charge in [0.1, 0.15) is 5.82 Å². The van der Waals surface area contributed by atoms with Gasteiger partial charge in [-0.1, -0.05) is 30.7 Å². The van der Waals surface area contributed by atoms with Crippen molar-refractivity contribution in [1.82, 2.24) is 5.32 Å². The van der Waals surface area contributed by atoms with Gasteiger partial charge in [0.15, 0.2) is 0 Å². The molecule has 0 amide bonds. The molecule has 118 valence electrons. The van der Waals surface area contributed by atoms with Crippen molar-refractivity contribution >= 4 is 11.6 Å². The zero-order valence-electron chi connectivity index (χ0n) is 12.7. The van der Waals surface area contributed by atoms with Crippen LogP contribution in [0.1, 0.15) is 44.6 Å². The molecule has 1 saturated heterocycles. The van der Waals surface area contributed by atoms with Crippen LogP contribution in [0.5, 0.6) is 0 Å². The van der Waals surface area contributed by atoms with Crippen molar-refractivity contribution in [3.63, 3.8) is 0 Å². The summed E-state index contributed by atoms with van der Waals surface area (Å²) in [7, 11) is 0. The maximum absolute atomic E-state index is 14.1. The molecule has 0 saturated carbocycles. The first kappa shape index (κ1) is 16.7. The van der Waals surface area contributed by atoms with E-state index in [-0.39, 0.29) is 16.9 Å². The van der Waals surface area contributed by atoms with Gasteiger partial charge in [-0.25, -0.2) is 4.39 Å². The molecule has 0 spiro atoms. The normalized spacial score (nSPS) is 20.4. The van der Waals surface area contributed by atoms with Gasteiger partial charge in [0, 0.05) is 12.6 Å². The monoisotopic (exact) mass is 313 g/mol. The highest BCUT2D eigenvalue weighted by Gasteiger charge is 2.21. The molecule has 0 aromatic heterocycles. The second-order valence-electron chi connectivity index (χ2n) is 5.79. The van der Waals surface area contributed by atoms with Crippen LogP contribution < -0.4 is 5.32 Å². The minimum atomic E-state index is -0.285. The molecular formula is C17H25ClFNO. The number of halogens is 2. The summed E-state index contributed by atoms with van der Waals surface area (Å²) in [5, 5.41) is 3.73. The average Bonchev–Trinajstić information content (AvgIpc) is 2.50. The van der Waals surface area contributed by atoms with E-state index in [0.717, 1.165) is 38.8 Å². The van der Waals surface area contributed by atoms with Crippen LogP contribution in [0.25, 0.3) is 0 Å². The minimum Gasteiger partial charge on any atom is -0.378 e. The average molecular weight is 314 g/mol. The van der Waals surface area contributed by atoms with E-state index < -0.39 is 0 Å². The summed E-state index contributed by atoms with van der Waals surface area (Å²) in [5.74, 6) is -0.285. The molecule has 0 radical (unpaired) electrons. The fourth-order valence-electron chi connectivity index (χ4n) is 2.87. The number of rotatable bonds is 7. The molecule has 0 bridgehead atoms. The first-order chi connectivity index (χ1) is 10.2. The van der Waals surface area contributed by atoms with E-state index in [1.807, 2.05) is 12.1 Å². The molecule has 1 N–H and O–H groups in total. The Labute approximate surface area is 132 Å². The van der Waals surface area contributed by atoms with Gasteiger partial charge >= 0.3 is 0 Å². The largest absolute Gasteiger partial charge is 0.378 e. The van der Waals surface area contributed by atoms with E-state index >= 15 is 0 Å². The summed E-state index contributed by atoms with van der Waals surface area (Å²) in [5.41, 5.74) is 0.687. The van der Waals surface area contributed by atoms with Crippen LogP contribution in [0.3, 0.4) is 0 Å². The number of hydrogen-bond donors (Lipinski definition) is 1. The molecule has 2 nitrogen and oxygen atoms in total. The first-order valence-electron chi connectivity index (χ1n) is 7.98. The maximum Gasteiger partial charge on any atom is 0.145 e. The van der Waals surface area contributed by atoms with Gasteiger partial charge in [-0.05, 0) is 56.7 Å². The Morgan fingerprint density at radius 3 is 3.00 bits per heavy atom. The Hall–Kier alpha value is -0.640. The van der Waals surface area contributed by atoms with Crippen LogP contribution in [0.4, 0.5) is 4.39 Å². The lowest BCUT2D eigenvalue weighted by Crippen LogP contribution is -2.37. The summed E-state index contributed by atoms with van der Waals surface area (Å²) in [6, 6.07) is 5.47. The van der Waals surface area contributed by atoms with Gasteiger partial charge in [-0.15, -0.1) is 0 Å². The van der Waals surface area contributed by atoms with E-state index in [1.54, 1.807) is 6.07 Å². The van der Waals surface area contributed by atoms with Gasteiger partial charge < -0.3 is 10.1 Å². The first-order valence-corrected chi connectivity index (χ1v) is 8.36. The molecule has 1 aromatic rings. The molecule has 1 aliphatic rings. The summed E-state index contributed by atoms with van der Waals surface area (Å²) in [6.07, 6.45) is 6.47. The lowest BCUT2D eigenvalue weighted by molar-refractivity contribution is 0.00522. The van der Waals surface area contributed by atoms with Crippen molar-refractivity contribution in [1.29, 1.82) is 0 Å². The molecule has 2 atom stereocenters. The third-order valence-corrected chi connectivity index (χ3v) is 4.29. The second-order valence-corrected chi connectivity index (χ2v) is 6.20. The minimum absolute atomic E-state index is 0.204. The van der Waals surface area contributed by atoms with Crippen LogP contribution >= 0.6 is 11.6 Å². The molecule has 1 aliphatic heterocycles. The van der Waals surface area contributed by atoms with Crippen molar-refractivity contribution in [2.45, 2.75) is 57.6 Å². The topological polar surface area (TPSA) is 21.3 Å². The van der Waals surface area contributed by atoms with E-state index in [9.17, 15) is 4.39 Å². The standard InChI is InChI=1S/C17H25ClFNO/c1-2-9-20-14(12-15-7-3-4-10-21-15)11-13-6-5-8-16(18)17(13)19/h5-6,8,14-15,20H,2-4,7,9-12H2,1H3. The maximum atomic E-state index is 14.1. The van der Waals surface area contributed by atoms with Crippen molar-refractivity contribution in [3.8, 4) is 0 Å². The highest BCUT2D eigenvalue weighted by atomic mass is 35.5. The lowest BCUT2D eigenvalue weighted by atomic mass is 9.96. The van der Waals surface area contributed by atoms with Gasteiger partial charge in [0.05, 0.1) is 11.1 Å². The predicted molar refractivity (Wildman–Crippen MR) is 85.4 cm³/mol. The number of benzene rings is 1. The molecule has 0 aliphatic carbocycles. The van der Waals surface area contributed by atoms with Crippen molar-refractivity contribution in [2.75, 3.05) is 13.2 Å². The zero-order valence-corrected chi connectivity index (χ0v) is 13.5. The Morgan fingerprint density at radius 1 is 1.43 bits per heavy atom. The molecule has 1 aromatic carbocycles. The third kappa shape index (κ3) is 5.24. The molecule has 21 heavy (non-hydrogen) atoms. The zero-order chi connectivity index (χ0) is 15.1. The molecule has 2 rings (SSSR count). The van der Waals surface area contributed by atoms with E-state index in [0.29, 0.717) is 18.1 Å². The fourth-order valence-corrected chi connectivity index (χ4v) is 3.06. The van der Waals surface area contributed by atoms with Crippen molar-refractivity contribution in [2.24, 2.45) is 0 Å². The van der Waals surface area contributed by atoms with Crippen LogP contribution in [0.2, 0.25) is 5.02 Å². The molecule has 1 fully saturated rings. The van der Waals surface area contributed by atoms with E-state index in [1.165, 1.54) is 6.42 Å². The Balaban J connectivity index is 1.99. The number of hydrogen-bond acceptors (Lipinski definition) is 2. The van der Waals surface area contributed by atoms with Crippen molar-refractivity contribution < 1.29 is 9.13 Å². The number of nitrogens with one attached hydrogen (secondary N) is 1. The summed E-state index contributed by atoms with van der Waals surface area (Å²) >= 11 is 5.87. The Bertz CT molecular complexity index is 435. The summed E-state index contributed by atoms with van der Waals surface area (Å²) < 4.78 is 19.9. The van der Waals surface area contributed by atoms with Crippen molar-refractivity contribution in [3.05, 3.63) is 34.6 Å². The molecule has 4 heteroatoms.